The Balaban J connectivity index is 3.31. The summed E-state index contributed by atoms with van der Waals surface area (Å²) in [7, 11) is 0. The number of hydrogen-bond donors (Lipinski definition) is 2. The first-order chi connectivity index (χ1) is 6.35. The van der Waals surface area contributed by atoms with Crippen LogP contribution in [0.5, 0.6) is 0 Å². The summed E-state index contributed by atoms with van der Waals surface area (Å²) in [6, 6.07) is 4.02. The molecule has 0 radical (unpaired) electrons. The van der Waals surface area contributed by atoms with Gasteiger partial charge in [0.25, 0.3) is 0 Å². The number of carbonyl (C=O) groups is 1. The summed E-state index contributed by atoms with van der Waals surface area (Å²) in [6.07, 6.45) is 0. The van der Waals surface area contributed by atoms with Crippen molar-refractivity contribution in [1.29, 1.82) is 0 Å². The van der Waals surface area contributed by atoms with E-state index >= 15 is 0 Å². The Labute approximate surface area is 88.9 Å². The molecule has 0 aromatic heterocycles. The fraction of sp³-hybridized carbons (Fsp3) is 0.222. The molecule has 5 heteroatoms. The molecule has 0 amide bonds. The summed E-state index contributed by atoms with van der Waals surface area (Å²) >= 11 is 3.12. The van der Waals surface area contributed by atoms with Gasteiger partial charge in [0.05, 0.1) is 0 Å². The SMILES string of the molecule is C[C@](N)(C(=O)O)c1cc(Br)ccc1F. The average molecular weight is 262 g/mol. The van der Waals surface area contributed by atoms with Gasteiger partial charge in [0.1, 0.15) is 11.4 Å². The van der Waals surface area contributed by atoms with E-state index in [1.54, 1.807) is 0 Å². The zero-order chi connectivity index (χ0) is 10.9. The van der Waals surface area contributed by atoms with Gasteiger partial charge in [-0.2, -0.15) is 0 Å². The smallest absolute Gasteiger partial charge is 0.328 e. The number of carboxylic acid groups (broad SMARTS) is 1. The Morgan fingerprint density at radius 1 is 1.64 bits per heavy atom. The highest BCUT2D eigenvalue weighted by atomic mass is 79.9. The van der Waals surface area contributed by atoms with Crippen LogP contribution >= 0.6 is 15.9 Å². The van der Waals surface area contributed by atoms with Crippen molar-refractivity contribution >= 4 is 21.9 Å². The predicted octanol–water partition coefficient (Wildman–Crippen LogP) is 1.85. The maximum atomic E-state index is 13.3. The van der Waals surface area contributed by atoms with Gasteiger partial charge in [-0.05, 0) is 25.1 Å². The van der Waals surface area contributed by atoms with Crippen molar-refractivity contribution in [2.45, 2.75) is 12.5 Å². The van der Waals surface area contributed by atoms with Crippen molar-refractivity contribution in [2.75, 3.05) is 0 Å². The molecule has 0 spiro atoms. The average Bonchev–Trinajstić information content (AvgIpc) is 2.08. The van der Waals surface area contributed by atoms with Gasteiger partial charge in [-0.3, -0.25) is 0 Å². The van der Waals surface area contributed by atoms with E-state index in [0.717, 1.165) is 0 Å². The summed E-state index contributed by atoms with van der Waals surface area (Å²) < 4.78 is 13.9. The molecule has 3 N–H and O–H groups in total. The van der Waals surface area contributed by atoms with Gasteiger partial charge in [-0.1, -0.05) is 15.9 Å². The van der Waals surface area contributed by atoms with Crippen molar-refractivity contribution in [2.24, 2.45) is 5.73 Å². The number of halogens is 2. The third-order valence-electron chi connectivity index (χ3n) is 1.93. The lowest BCUT2D eigenvalue weighted by molar-refractivity contribution is -0.143. The van der Waals surface area contributed by atoms with Crippen LogP contribution in [0.3, 0.4) is 0 Å². The first kappa shape index (κ1) is 11.1. The van der Waals surface area contributed by atoms with Gasteiger partial charge in [-0.25, -0.2) is 9.18 Å². The third-order valence-corrected chi connectivity index (χ3v) is 2.43. The minimum atomic E-state index is -1.71. The summed E-state index contributed by atoms with van der Waals surface area (Å²) in [6.45, 7) is 1.25. The standard InChI is InChI=1S/C9H9BrFNO2/c1-9(12,8(13)14)6-4-5(10)2-3-7(6)11/h2-4H,12H2,1H3,(H,13,14)/t9-/m1/s1. The molecule has 0 saturated carbocycles. The Bertz CT molecular complexity index is 379. The van der Waals surface area contributed by atoms with Crippen LogP contribution in [0.15, 0.2) is 22.7 Å². The first-order valence-electron chi connectivity index (χ1n) is 3.83. The highest BCUT2D eigenvalue weighted by molar-refractivity contribution is 9.10. The van der Waals surface area contributed by atoms with Gasteiger partial charge in [0.2, 0.25) is 0 Å². The van der Waals surface area contributed by atoms with Crippen molar-refractivity contribution in [3.8, 4) is 0 Å². The zero-order valence-corrected chi connectivity index (χ0v) is 9.01. The minimum absolute atomic E-state index is 0.0422. The fourth-order valence-electron chi connectivity index (χ4n) is 1.01. The van der Waals surface area contributed by atoms with Crippen LogP contribution in [0, 0.1) is 5.82 Å². The van der Waals surface area contributed by atoms with E-state index in [-0.39, 0.29) is 5.56 Å². The van der Waals surface area contributed by atoms with Crippen LogP contribution in [0.4, 0.5) is 4.39 Å². The molecule has 0 fully saturated rings. The van der Waals surface area contributed by atoms with Crippen molar-refractivity contribution in [3.63, 3.8) is 0 Å². The number of carboxylic acids is 1. The Hall–Kier alpha value is -0.940. The summed E-state index contributed by atoms with van der Waals surface area (Å²) in [5.74, 6) is -1.89. The molecule has 0 saturated heterocycles. The molecule has 0 heterocycles. The highest BCUT2D eigenvalue weighted by Gasteiger charge is 2.33. The molecule has 1 aromatic carbocycles. The summed E-state index contributed by atoms with van der Waals surface area (Å²) in [5.41, 5.74) is 3.73. The maximum Gasteiger partial charge on any atom is 0.328 e. The van der Waals surface area contributed by atoms with Crippen LogP contribution in [0.1, 0.15) is 12.5 Å². The molecule has 1 rings (SSSR count). The highest BCUT2D eigenvalue weighted by Crippen LogP contribution is 2.24. The number of rotatable bonds is 2. The van der Waals surface area contributed by atoms with Crippen LogP contribution in [0.2, 0.25) is 0 Å². The van der Waals surface area contributed by atoms with E-state index in [1.165, 1.54) is 25.1 Å². The van der Waals surface area contributed by atoms with E-state index in [2.05, 4.69) is 15.9 Å². The first-order valence-corrected chi connectivity index (χ1v) is 4.63. The second-order valence-corrected chi connectivity index (χ2v) is 4.05. The lowest BCUT2D eigenvalue weighted by Gasteiger charge is -2.20. The van der Waals surface area contributed by atoms with Gasteiger partial charge >= 0.3 is 5.97 Å². The van der Waals surface area contributed by atoms with E-state index in [0.29, 0.717) is 4.47 Å². The van der Waals surface area contributed by atoms with E-state index in [9.17, 15) is 9.18 Å². The molecule has 76 valence electrons. The molecule has 1 atom stereocenters. The van der Waals surface area contributed by atoms with Crippen molar-refractivity contribution in [3.05, 3.63) is 34.1 Å². The Morgan fingerprint density at radius 2 is 2.21 bits per heavy atom. The van der Waals surface area contributed by atoms with Gasteiger partial charge in [0, 0.05) is 10.0 Å². The topological polar surface area (TPSA) is 63.3 Å². The molecule has 0 bridgehead atoms. The molecule has 0 aliphatic rings. The third kappa shape index (κ3) is 1.93. The number of hydrogen-bond acceptors (Lipinski definition) is 2. The van der Waals surface area contributed by atoms with Gasteiger partial charge in [-0.15, -0.1) is 0 Å². The lowest BCUT2D eigenvalue weighted by atomic mass is 9.93. The number of nitrogens with two attached hydrogens (primary N) is 1. The van der Waals surface area contributed by atoms with E-state index in [4.69, 9.17) is 10.8 Å². The zero-order valence-electron chi connectivity index (χ0n) is 7.42. The molecule has 0 aliphatic heterocycles. The van der Waals surface area contributed by atoms with Crippen LogP contribution < -0.4 is 5.73 Å². The second-order valence-electron chi connectivity index (χ2n) is 3.13. The molecule has 3 nitrogen and oxygen atoms in total. The predicted molar refractivity (Wildman–Crippen MR) is 53.3 cm³/mol. The van der Waals surface area contributed by atoms with Gasteiger partial charge < -0.3 is 10.8 Å². The number of benzene rings is 1. The van der Waals surface area contributed by atoms with Crippen molar-refractivity contribution in [1.82, 2.24) is 0 Å². The molecule has 0 aliphatic carbocycles. The minimum Gasteiger partial charge on any atom is -0.480 e. The molecular formula is C9H9BrFNO2. The maximum absolute atomic E-state index is 13.3. The van der Waals surface area contributed by atoms with E-state index in [1.807, 2.05) is 0 Å². The number of aliphatic carboxylic acids is 1. The molecule has 1 aromatic rings. The Kier molecular flexibility index (Phi) is 2.92. The summed E-state index contributed by atoms with van der Waals surface area (Å²) in [4.78, 5) is 10.8. The second kappa shape index (κ2) is 3.67. The van der Waals surface area contributed by atoms with Gasteiger partial charge in [0.15, 0.2) is 0 Å². The monoisotopic (exact) mass is 261 g/mol. The largest absolute Gasteiger partial charge is 0.480 e. The quantitative estimate of drug-likeness (QED) is 0.854. The van der Waals surface area contributed by atoms with Crippen molar-refractivity contribution < 1.29 is 14.3 Å². The molecule has 14 heavy (non-hydrogen) atoms. The molecule has 0 unspecified atom stereocenters. The van der Waals surface area contributed by atoms with Crippen LogP contribution in [-0.4, -0.2) is 11.1 Å². The summed E-state index contributed by atoms with van der Waals surface area (Å²) in [5, 5.41) is 8.80. The Morgan fingerprint density at radius 3 is 2.71 bits per heavy atom. The normalized spacial score (nSPS) is 14.9. The van der Waals surface area contributed by atoms with Crippen LogP contribution in [0.25, 0.3) is 0 Å². The molecular weight excluding hydrogens is 253 g/mol. The lowest BCUT2D eigenvalue weighted by Crippen LogP contribution is -2.42. The fourth-order valence-corrected chi connectivity index (χ4v) is 1.37. The van der Waals surface area contributed by atoms with Crippen LogP contribution in [-0.2, 0) is 10.3 Å². The van der Waals surface area contributed by atoms with E-state index < -0.39 is 17.3 Å².